The third-order valence-corrected chi connectivity index (χ3v) is 8.82. The number of amides is 1. The minimum atomic E-state index is -3.69. The predicted molar refractivity (Wildman–Crippen MR) is 125 cm³/mol. The van der Waals surface area contributed by atoms with E-state index in [1.54, 1.807) is 31.2 Å². The molecule has 0 unspecified atom stereocenters. The summed E-state index contributed by atoms with van der Waals surface area (Å²) >= 11 is 0. The number of anilines is 1. The molecular weight excluding hydrogens is 448 g/mol. The van der Waals surface area contributed by atoms with E-state index in [1.165, 1.54) is 27.4 Å². The first-order valence-corrected chi connectivity index (χ1v) is 14.0. The van der Waals surface area contributed by atoms with Crippen molar-refractivity contribution in [1.82, 2.24) is 4.31 Å². The molecule has 0 aliphatic carbocycles. The number of sulfonamides is 1. The fraction of sp³-hybridized carbons (Fsp3) is 0.435. The molecule has 3 rings (SSSR count). The molecule has 1 heterocycles. The van der Waals surface area contributed by atoms with Gasteiger partial charge in [-0.3, -0.25) is 4.79 Å². The van der Waals surface area contributed by atoms with Gasteiger partial charge in [-0.05, 0) is 75.6 Å². The van der Waals surface area contributed by atoms with E-state index < -0.39 is 19.9 Å². The summed E-state index contributed by atoms with van der Waals surface area (Å²) in [5.74, 6) is -0.345. The maximum Gasteiger partial charge on any atom is 0.258 e. The molecule has 32 heavy (non-hydrogen) atoms. The van der Waals surface area contributed by atoms with Crippen molar-refractivity contribution in [1.29, 1.82) is 0 Å². The molecule has 174 valence electrons. The number of hydrogen-bond acceptors (Lipinski definition) is 5. The Labute approximate surface area is 191 Å². The van der Waals surface area contributed by atoms with E-state index in [0.29, 0.717) is 24.3 Å². The molecule has 0 aromatic heterocycles. The number of piperidine rings is 1. The van der Waals surface area contributed by atoms with Crippen molar-refractivity contribution in [3.8, 4) is 0 Å². The molecule has 0 N–H and O–H groups in total. The fourth-order valence-corrected chi connectivity index (χ4v) is 6.30. The zero-order valence-corrected chi connectivity index (χ0v) is 20.5. The summed E-state index contributed by atoms with van der Waals surface area (Å²) < 4.78 is 51.5. The van der Waals surface area contributed by atoms with Gasteiger partial charge in [0.1, 0.15) is 0 Å². The van der Waals surface area contributed by atoms with E-state index in [-0.39, 0.29) is 27.3 Å². The van der Waals surface area contributed by atoms with Crippen LogP contribution < -0.4 is 4.90 Å². The minimum Gasteiger partial charge on any atom is -0.306 e. The Morgan fingerprint density at radius 2 is 1.53 bits per heavy atom. The molecule has 0 atom stereocenters. The second-order valence-corrected chi connectivity index (χ2v) is 12.4. The first kappa shape index (κ1) is 24.4. The highest BCUT2D eigenvalue weighted by molar-refractivity contribution is 7.90. The first-order valence-electron chi connectivity index (χ1n) is 10.7. The molecule has 1 aliphatic rings. The van der Waals surface area contributed by atoms with Gasteiger partial charge in [-0.2, -0.15) is 4.31 Å². The third-order valence-electron chi connectivity index (χ3n) is 5.65. The van der Waals surface area contributed by atoms with Gasteiger partial charge in [0.2, 0.25) is 10.0 Å². The van der Waals surface area contributed by atoms with Crippen LogP contribution in [0.2, 0.25) is 0 Å². The van der Waals surface area contributed by atoms with Crippen molar-refractivity contribution in [2.24, 2.45) is 0 Å². The average molecular weight is 479 g/mol. The number of carbonyl (C=O) groups is 1. The van der Waals surface area contributed by atoms with E-state index in [2.05, 4.69) is 0 Å². The van der Waals surface area contributed by atoms with Crippen LogP contribution in [-0.4, -0.2) is 52.4 Å². The van der Waals surface area contributed by atoms with Gasteiger partial charge in [0.05, 0.1) is 9.79 Å². The molecule has 0 bridgehead atoms. The Bertz CT molecular complexity index is 1200. The summed E-state index contributed by atoms with van der Waals surface area (Å²) in [5.41, 5.74) is 1.41. The molecule has 1 amide bonds. The van der Waals surface area contributed by atoms with E-state index in [0.717, 1.165) is 25.5 Å². The summed E-state index contributed by atoms with van der Waals surface area (Å²) in [6.07, 6.45) is 3.82. The summed E-state index contributed by atoms with van der Waals surface area (Å²) in [5, 5.41) is 0. The fourth-order valence-electron chi connectivity index (χ4n) is 3.90. The molecule has 7 nitrogen and oxygen atoms in total. The average Bonchev–Trinajstić information content (AvgIpc) is 2.74. The van der Waals surface area contributed by atoms with Crippen molar-refractivity contribution >= 4 is 31.5 Å². The molecule has 0 saturated carbocycles. The molecule has 2 aromatic carbocycles. The maximum absolute atomic E-state index is 13.4. The maximum atomic E-state index is 13.4. The smallest absolute Gasteiger partial charge is 0.258 e. The van der Waals surface area contributed by atoms with Crippen LogP contribution >= 0.6 is 0 Å². The molecule has 1 saturated heterocycles. The number of aryl methyl sites for hydroxylation is 1. The van der Waals surface area contributed by atoms with Gasteiger partial charge in [-0.15, -0.1) is 0 Å². The highest BCUT2D eigenvalue weighted by Crippen LogP contribution is 2.27. The zero-order chi connectivity index (χ0) is 23.7. The SMILES string of the molecule is Cc1ccc(C(=O)N(c2ccc(S(C)(=O)=O)cc2)C(C)C)cc1S(=O)(=O)N1CCCCC1. The summed E-state index contributed by atoms with van der Waals surface area (Å²) in [6, 6.07) is 10.6. The second-order valence-electron chi connectivity index (χ2n) is 8.48. The van der Waals surface area contributed by atoms with Crippen LogP contribution in [-0.2, 0) is 19.9 Å². The second kappa shape index (κ2) is 9.33. The normalized spacial score (nSPS) is 15.7. The number of nitrogens with zero attached hydrogens (tertiary/aromatic N) is 2. The van der Waals surface area contributed by atoms with Crippen LogP contribution in [0.5, 0.6) is 0 Å². The van der Waals surface area contributed by atoms with Gasteiger partial charge in [0.25, 0.3) is 5.91 Å². The number of rotatable bonds is 6. The van der Waals surface area contributed by atoms with Crippen molar-refractivity contribution < 1.29 is 21.6 Å². The Morgan fingerprint density at radius 1 is 0.938 bits per heavy atom. The zero-order valence-electron chi connectivity index (χ0n) is 18.9. The van der Waals surface area contributed by atoms with Crippen molar-refractivity contribution in [3.05, 3.63) is 53.6 Å². The van der Waals surface area contributed by atoms with Gasteiger partial charge >= 0.3 is 0 Å². The Kier molecular flexibility index (Phi) is 7.12. The van der Waals surface area contributed by atoms with Gasteiger partial charge in [0.15, 0.2) is 9.84 Å². The Balaban J connectivity index is 1.99. The molecule has 0 spiro atoms. The molecule has 1 fully saturated rings. The van der Waals surface area contributed by atoms with E-state index in [4.69, 9.17) is 0 Å². The lowest BCUT2D eigenvalue weighted by Gasteiger charge is -2.28. The summed E-state index contributed by atoms with van der Waals surface area (Å²) in [7, 11) is -7.04. The lowest BCUT2D eigenvalue weighted by Crippen LogP contribution is -2.38. The van der Waals surface area contributed by atoms with Gasteiger partial charge < -0.3 is 4.90 Å². The number of benzene rings is 2. The van der Waals surface area contributed by atoms with Crippen molar-refractivity contribution in [3.63, 3.8) is 0 Å². The number of hydrogen-bond donors (Lipinski definition) is 0. The van der Waals surface area contributed by atoms with Crippen molar-refractivity contribution in [2.75, 3.05) is 24.2 Å². The van der Waals surface area contributed by atoms with Crippen LogP contribution in [0.25, 0.3) is 0 Å². The lowest BCUT2D eigenvalue weighted by molar-refractivity contribution is 0.0980. The quantitative estimate of drug-likeness (QED) is 0.632. The topological polar surface area (TPSA) is 91.8 Å². The van der Waals surface area contributed by atoms with Gasteiger partial charge in [-0.1, -0.05) is 12.5 Å². The predicted octanol–water partition coefficient (Wildman–Crippen LogP) is 3.63. The number of carbonyl (C=O) groups excluding carboxylic acids is 1. The third kappa shape index (κ3) is 5.05. The Hall–Kier alpha value is -2.23. The monoisotopic (exact) mass is 478 g/mol. The molecule has 9 heteroatoms. The first-order chi connectivity index (χ1) is 14.9. The highest BCUT2D eigenvalue weighted by atomic mass is 32.2. The van der Waals surface area contributed by atoms with Crippen LogP contribution in [0.4, 0.5) is 5.69 Å². The van der Waals surface area contributed by atoms with E-state index in [9.17, 15) is 21.6 Å². The minimum absolute atomic E-state index is 0.154. The summed E-state index contributed by atoms with van der Waals surface area (Å²) in [6.45, 7) is 6.41. The van der Waals surface area contributed by atoms with Crippen LogP contribution in [0, 0.1) is 6.92 Å². The van der Waals surface area contributed by atoms with E-state index in [1.807, 2.05) is 13.8 Å². The van der Waals surface area contributed by atoms with Crippen LogP contribution in [0.15, 0.2) is 52.3 Å². The highest BCUT2D eigenvalue weighted by Gasteiger charge is 2.29. The van der Waals surface area contributed by atoms with Gasteiger partial charge in [-0.25, -0.2) is 16.8 Å². The molecule has 0 radical (unpaired) electrons. The van der Waals surface area contributed by atoms with Crippen LogP contribution in [0.3, 0.4) is 0 Å². The lowest BCUT2D eigenvalue weighted by atomic mass is 10.1. The van der Waals surface area contributed by atoms with Crippen LogP contribution in [0.1, 0.15) is 49.0 Å². The number of sulfone groups is 1. The summed E-state index contributed by atoms with van der Waals surface area (Å²) in [4.78, 5) is 15.3. The standard InChI is InChI=1S/C23H30N2O5S2/c1-17(2)25(20-10-12-21(13-11-20)31(4,27)28)23(26)19-9-8-18(3)22(16-19)32(29,30)24-14-6-5-7-15-24/h8-13,16-17H,5-7,14-15H2,1-4H3. The Morgan fingerprint density at radius 3 is 2.06 bits per heavy atom. The van der Waals surface area contributed by atoms with E-state index >= 15 is 0 Å². The van der Waals surface area contributed by atoms with Crippen molar-refractivity contribution in [2.45, 2.75) is 55.9 Å². The molecule has 1 aliphatic heterocycles. The molecule has 2 aromatic rings. The van der Waals surface area contributed by atoms with Gasteiger partial charge in [0, 0.05) is 36.6 Å². The largest absolute Gasteiger partial charge is 0.306 e. The molecular formula is C23H30N2O5S2.